The fourth-order valence-electron chi connectivity index (χ4n) is 3.15. The standard InChI is InChI=1S/C23H41NO7/c1-23(2,3)31-21(28)15-13-11-9-7-5-4-6-8-10-12-14-19(25)24-18(22(29)30)16-17-20(26)27/h18H,4-17H2,1-3H3,(H,24,25)(H,26,27)(H,29,30). The van der Waals surface area contributed by atoms with E-state index in [1.807, 2.05) is 20.8 Å². The van der Waals surface area contributed by atoms with Gasteiger partial charge in [-0.3, -0.25) is 14.4 Å². The van der Waals surface area contributed by atoms with Crippen molar-refractivity contribution in [2.24, 2.45) is 0 Å². The van der Waals surface area contributed by atoms with E-state index in [2.05, 4.69) is 5.32 Å². The Labute approximate surface area is 186 Å². The Bertz CT molecular complexity index is 555. The zero-order chi connectivity index (χ0) is 23.7. The molecule has 0 saturated heterocycles. The second-order valence-electron chi connectivity index (χ2n) is 9.01. The van der Waals surface area contributed by atoms with Gasteiger partial charge in [-0.2, -0.15) is 0 Å². The Kier molecular flexibility index (Phi) is 15.4. The van der Waals surface area contributed by atoms with Crippen LogP contribution < -0.4 is 5.32 Å². The van der Waals surface area contributed by atoms with E-state index in [0.717, 1.165) is 57.8 Å². The highest BCUT2D eigenvalue weighted by molar-refractivity contribution is 5.83. The van der Waals surface area contributed by atoms with Gasteiger partial charge in [0.15, 0.2) is 0 Å². The summed E-state index contributed by atoms with van der Waals surface area (Å²) in [6.45, 7) is 5.62. The molecule has 8 nitrogen and oxygen atoms in total. The summed E-state index contributed by atoms with van der Waals surface area (Å²) in [5, 5.41) is 20.1. The van der Waals surface area contributed by atoms with E-state index < -0.39 is 23.6 Å². The predicted octanol–water partition coefficient (Wildman–Crippen LogP) is 4.44. The van der Waals surface area contributed by atoms with Crippen LogP contribution in [0.1, 0.15) is 111 Å². The molecule has 0 aromatic heterocycles. The second-order valence-corrected chi connectivity index (χ2v) is 9.01. The lowest BCUT2D eigenvalue weighted by molar-refractivity contribution is -0.155. The lowest BCUT2D eigenvalue weighted by Crippen LogP contribution is -2.41. The van der Waals surface area contributed by atoms with Crippen molar-refractivity contribution in [1.29, 1.82) is 0 Å². The third-order valence-electron chi connectivity index (χ3n) is 4.73. The largest absolute Gasteiger partial charge is 0.481 e. The minimum atomic E-state index is -1.21. The fourth-order valence-corrected chi connectivity index (χ4v) is 3.15. The highest BCUT2D eigenvalue weighted by atomic mass is 16.6. The minimum Gasteiger partial charge on any atom is -0.481 e. The number of carbonyl (C=O) groups excluding carboxylic acids is 2. The van der Waals surface area contributed by atoms with E-state index in [9.17, 15) is 19.2 Å². The van der Waals surface area contributed by atoms with Gasteiger partial charge in [-0.15, -0.1) is 0 Å². The van der Waals surface area contributed by atoms with Crippen molar-refractivity contribution < 1.29 is 34.1 Å². The average Bonchev–Trinajstić information content (AvgIpc) is 2.64. The third-order valence-corrected chi connectivity index (χ3v) is 4.73. The number of carboxylic acids is 2. The van der Waals surface area contributed by atoms with E-state index in [-0.39, 0.29) is 31.1 Å². The van der Waals surface area contributed by atoms with E-state index in [4.69, 9.17) is 14.9 Å². The van der Waals surface area contributed by atoms with Crippen LogP contribution in [0.4, 0.5) is 0 Å². The molecule has 31 heavy (non-hydrogen) atoms. The first kappa shape index (κ1) is 28.9. The Morgan fingerprint density at radius 2 is 1.19 bits per heavy atom. The average molecular weight is 444 g/mol. The van der Waals surface area contributed by atoms with Gasteiger partial charge in [-0.05, 0) is 40.0 Å². The molecule has 0 heterocycles. The Morgan fingerprint density at radius 1 is 0.742 bits per heavy atom. The minimum absolute atomic E-state index is 0.114. The van der Waals surface area contributed by atoms with E-state index in [1.54, 1.807) is 0 Å². The van der Waals surface area contributed by atoms with Crippen LogP contribution in [0, 0.1) is 0 Å². The van der Waals surface area contributed by atoms with Crippen LogP contribution in [0.2, 0.25) is 0 Å². The summed E-state index contributed by atoms with van der Waals surface area (Å²) in [5.41, 5.74) is -0.413. The van der Waals surface area contributed by atoms with Crippen LogP contribution in [0.3, 0.4) is 0 Å². The summed E-state index contributed by atoms with van der Waals surface area (Å²) in [6, 6.07) is -1.15. The zero-order valence-electron chi connectivity index (χ0n) is 19.4. The molecule has 0 saturated carbocycles. The SMILES string of the molecule is CC(C)(C)OC(=O)CCCCCCCCCCCCC(=O)NC(CCC(=O)O)C(=O)O. The Balaban J connectivity index is 3.56. The van der Waals surface area contributed by atoms with Crippen molar-refractivity contribution >= 4 is 23.8 Å². The molecule has 0 aromatic rings. The fraction of sp³-hybridized carbons (Fsp3) is 0.826. The van der Waals surface area contributed by atoms with Crippen molar-refractivity contribution in [3.05, 3.63) is 0 Å². The number of unbranched alkanes of at least 4 members (excludes halogenated alkanes) is 9. The zero-order valence-corrected chi connectivity index (χ0v) is 19.4. The molecule has 0 aliphatic rings. The molecule has 1 atom stereocenters. The van der Waals surface area contributed by atoms with Gasteiger partial charge in [0.2, 0.25) is 5.91 Å². The quantitative estimate of drug-likeness (QED) is 0.211. The maximum Gasteiger partial charge on any atom is 0.326 e. The lowest BCUT2D eigenvalue weighted by atomic mass is 10.0. The number of aliphatic carboxylic acids is 2. The van der Waals surface area contributed by atoms with Crippen molar-refractivity contribution in [3.8, 4) is 0 Å². The number of nitrogens with one attached hydrogen (secondary N) is 1. The molecule has 0 aliphatic heterocycles. The molecular formula is C23H41NO7. The Morgan fingerprint density at radius 3 is 1.61 bits per heavy atom. The Hall–Kier alpha value is -2.12. The van der Waals surface area contributed by atoms with E-state index >= 15 is 0 Å². The summed E-state index contributed by atoms with van der Waals surface area (Å²) in [5.74, 6) is -2.76. The maximum atomic E-state index is 11.8. The van der Waals surface area contributed by atoms with Gasteiger partial charge in [0.1, 0.15) is 11.6 Å². The molecule has 3 N–H and O–H groups in total. The van der Waals surface area contributed by atoms with Gasteiger partial charge in [-0.1, -0.05) is 51.4 Å². The monoisotopic (exact) mass is 443 g/mol. The summed E-state index contributed by atoms with van der Waals surface area (Å²) < 4.78 is 5.28. The number of carbonyl (C=O) groups is 4. The molecular weight excluding hydrogens is 402 g/mol. The smallest absolute Gasteiger partial charge is 0.326 e. The summed E-state index contributed by atoms with van der Waals surface area (Å²) >= 11 is 0. The molecule has 0 radical (unpaired) electrons. The van der Waals surface area contributed by atoms with Crippen LogP contribution in [-0.4, -0.2) is 45.7 Å². The first-order chi connectivity index (χ1) is 14.5. The summed E-state index contributed by atoms with van der Waals surface area (Å²) in [4.78, 5) is 45.0. The molecule has 0 bridgehead atoms. The maximum absolute atomic E-state index is 11.8. The predicted molar refractivity (Wildman–Crippen MR) is 118 cm³/mol. The molecule has 0 rings (SSSR count). The van der Waals surface area contributed by atoms with Gasteiger partial charge in [0.25, 0.3) is 0 Å². The van der Waals surface area contributed by atoms with Gasteiger partial charge in [0, 0.05) is 19.3 Å². The number of hydrogen-bond acceptors (Lipinski definition) is 5. The molecule has 0 spiro atoms. The number of esters is 1. The van der Waals surface area contributed by atoms with Crippen molar-refractivity contribution in [2.45, 2.75) is 122 Å². The van der Waals surface area contributed by atoms with E-state index in [1.165, 1.54) is 0 Å². The lowest BCUT2D eigenvalue weighted by Gasteiger charge is -2.19. The molecule has 1 amide bonds. The molecule has 0 aromatic carbocycles. The van der Waals surface area contributed by atoms with Crippen molar-refractivity contribution in [3.63, 3.8) is 0 Å². The third kappa shape index (κ3) is 19.6. The van der Waals surface area contributed by atoms with Crippen LogP contribution in [0.15, 0.2) is 0 Å². The van der Waals surface area contributed by atoms with Gasteiger partial charge < -0.3 is 20.3 Å². The number of rotatable bonds is 18. The molecule has 0 aliphatic carbocycles. The highest BCUT2D eigenvalue weighted by Gasteiger charge is 2.20. The molecule has 180 valence electrons. The summed E-state index contributed by atoms with van der Waals surface area (Å²) in [6.07, 6.45) is 10.6. The molecule has 0 fully saturated rings. The molecule has 1 unspecified atom stereocenters. The second kappa shape index (κ2) is 16.6. The van der Waals surface area contributed by atoms with Gasteiger partial charge in [-0.25, -0.2) is 4.79 Å². The number of ether oxygens (including phenoxy) is 1. The first-order valence-electron chi connectivity index (χ1n) is 11.5. The van der Waals surface area contributed by atoms with Crippen LogP contribution in [0.25, 0.3) is 0 Å². The number of hydrogen-bond donors (Lipinski definition) is 3. The van der Waals surface area contributed by atoms with Crippen molar-refractivity contribution in [2.75, 3.05) is 0 Å². The normalized spacial score (nSPS) is 12.2. The first-order valence-corrected chi connectivity index (χ1v) is 11.5. The van der Waals surface area contributed by atoms with E-state index in [0.29, 0.717) is 12.8 Å². The highest BCUT2D eigenvalue weighted by Crippen LogP contribution is 2.14. The van der Waals surface area contributed by atoms with Crippen LogP contribution >= 0.6 is 0 Å². The number of amides is 1. The van der Waals surface area contributed by atoms with Crippen LogP contribution in [0.5, 0.6) is 0 Å². The van der Waals surface area contributed by atoms with Crippen molar-refractivity contribution in [1.82, 2.24) is 5.32 Å². The molecule has 8 heteroatoms. The van der Waals surface area contributed by atoms with Gasteiger partial charge in [0.05, 0.1) is 0 Å². The van der Waals surface area contributed by atoms with Gasteiger partial charge >= 0.3 is 17.9 Å². The summed E-state index contributed by atoms with van der Waals surface area (Å²) in [7, 11) is 0. The number of carboxylic acid groups (broad SMARTS) is 2. The topological polar surface area (TPSA) is 130 Å². The van der Waals surface area contributed by atoms with Crippen LogP contribution in [-0.2, 0) is 23.9 Å².